The molecular formula is C7H13N3O4. The predicted octanol–water partition coefficient (Wildman–Crippen LogP) is -2.22. The summed E-state index contributed by atoms with van der Waals surface area (Å²) in [5.41, 5.74) is 10.1. The van der Waals surface area contributed by atoms with Crippen molar-refractivity contribution in [1.29, 1.82) is 0 Å². The molecule has 0 rings (SSSR count). The van der Waals surface area contributed by atoms with Crippen molar-refractivity contribution in [3.8, 4) is 0 Å². The highest BCUT2D eigenvalue weighted by atomic mass is 16.4. The third-order valence-corrected chi connectivity index (χ3v) is 1.45. The summed E-state index contributed by atoms with van der Waals surface area (Å²) < 4.78 is 0. The smallest absolute Gasteiger partial charge is 0.305 e. The molecular weight excluding hydrogens is 190 g/mol. The number of carboxylic acid groups (broad SMARTS) is 1. The van der Waals surface area contributed by atoms with Crippen molar-refractivity contribution in [2.24, 2.45) is 11.5 Å². The molecule has 0 unspecified atom stereocenters. The van der Waals surface area contributed by atoms with Gasteiger partial charge in [-0.15, -0.1) is 0 Å². The first-order valence-electron chi connectivity index (χ1n) is 3.91. The number of nitrogens with two attached hydrogens (primary N) is 2. The number of rotatable bonds is 5. The summed E-state index contributed by atoms with van der Waals surface area (Å²) in [6, 6.07) is -2.03. The lowest BCUT2D eigenvalue weighted by Gasteiger charge is -2.14. The summed E-state index contributed by atoms with van der Waals surface area (Å²) in [6.45, 7) is 1.41. The fourth-order valence-electron chi connectivity index (χ4n) is 0.701. The van der Waals surface area contributed by atoms with Crippen molar-refractivity contribution in [3.63, 3.8) is 0 Å². The summed E-state index contributed by atoms with van der Waals surface area (Å²) >= 11 is 0. The van der Waals surface area contributed by atoms with Crippen molar-refractivity contribution in [2.45, 2.75) is 25.4 Å². The second-order valence-electron chi connectivity index (χ2n) is 2.85. The first kappa shape index (κ1) is 12.4. The van der Waals surface area contributed by atoms with Crippen LogP contribution in [0.1, 0.15) is 13.3 Å². The SMILES string of the molecule is C[C@H](N)C(=O)N[C@@H](CC(=O)O)C(N)=O. The van der Waals surface area contributed by atoms with E-state index >= 15 is 0 Å². The van der Waals surface area contributed by atoms with Gasteiger partial charge >= 0.3 is 5.97 Å². The molecule has 2 atom stereocenters. The molecule has 0 aromatic rings. The Kier molecular flexibility index (Phi) is 4.57. The predicted molar refractivity (Wildman–Crippen MR) is 47.0 cm³/mol. The second kappa shape index (κ2) is 5.18. The van der Waals surface area contributed by atoms with Crippen molar-refractivity contribution in [1.82, 2.24) is 5.32 Å². The van der Waals surface area contributed by atoms with Crippen molar-refractivity contribution < 1.29 is 19.5 Å². The monoisotopic (exact) mass is 203 g/mol. The fraction of sp³-hybridized carbons (Fsp3) is 0.571. The molecule has 7 heteroatoms. The molecule has 6 N–H and O–H groups in total. The lowest BCUT2D eigenvalue weighted by Crippen LogP contribution is -2.50. The van der Waals surface area contributed by atoms with E-state index in [1.54, 1.807) is 0 Å². The number of carbonyl (C=O) groups excluding carboxylic acids is 2. The Morgan fingerprint density at radius 3 is 2.21 bits per heavy atom. The van der Waals surface area contributed by atoms with Crippen LogP contribution in [0.4, 0.5) is 0 Å². The van der Waals surface area contributed by atoms with Gasteiger partial charge in [-0.1, -0.05) is 0 Å². The van der Waals surface area contributed by atoms with Crippen LogP contribution in [0, 0.1) is 0 Å². The minimum Gasteiger partial charge on any atom is -0.481 e. The standard InChI is InChI=1S/C7H13N3O4/c1-3(8)7(14)10-4(6(9)13)2-5(11)12/h3-4H,2,8H2,1H3,(H2,9,13)(H,10,14)(H,11,12)/t3-,4-/m0/s1. The van der Waals surface area contributed by atoms with Crippen LogP contribution >= 0.6 is 0 Å². The summed E-state index contributed by atoms with van der Waals surface area (Å²) in [7, 11) is 0. The number of amides is 2. The van der Waals surface area contributed by atoms with Gasteiger partial charge in [-0.3, -0.25) is 14.4 Å². The van der Waals surface area contributed by atoms with Crippen LogP contribution in [0.5, 0.6) is 0 Å². The molecule has 0 aliphatic rings. The van der Waals surface area contributed by atoms with Gasteiger partial charge in [-0.25, -0.2) is 0 Å². The number of hydrogen-bond acceptors (Lipinski definition) is 4. The second-order valence-corrected chi connectivity index (χ2v) is 2.85. The summed E-state index contributed by atoms with van der Waals surface area (Å²) in [6.07, 6.45) is -0.548. The van der Waals surface area contributed by atoms with Gasteiger partial charge in [0, 0.05) is 0 Å². The van der Waals surface area contributed by atoms with Crippen molar-refractivity contribution >= 4 is 17.8 Å². The van der Waals surface area contributed by atoms with E-state index in [0.29, 0.717) is 0 Å². The van der Waals surface area contributed by atoms with Gasteiger partial charge < -0.3 is 21.9 Å². The van der Waals surface area contributed by atoms with Gasteiger partial charge in [0.1, 0.15) is 6.04 Å². The van der Waals surface area contributed by atoms with Crippen LogP contribution in [-0.4, -0.2) is 35.0 Å². The quantitative estimate of drug-likeness (QED) is 0.401. The number of carboxylic acids is 1. The van der Waals surface area contributed by atoms with E-state index in [1.165, 1.54) is 6.92 Å². The van der Waals surface area contributed by atoms with Crippen LogP contribution in [-0.2, 0) is 14.4 Å². The molecule has 2 amide bonds. The van der Waals surface area contributed by atoms with Crippen LogP contribution in [0.2, 0.25) is 0 Å². The molecule has 0 aromatic carbocycles. The Bertz CT molecular complexity index is 251. The molecule has 80 valence electrons. The zero-order valence-electron chi connectivity index (χ0n) is 7.69. The molecule has 0 heterocycles. The number of aliphatic carboxylic acids is 1. The third kappa shape index (κ3) is 4.41. The normalized spacial score (nSPS) is 14.1. The molecule has 0 aliphatic heterocycles. The largest absolute Gasteiger partial charge is 0.481 e. The van der Waals surface area contributed by atoms with Crippen LogP contribution in [0.25, 0.3) is 0 Å². The van der Waals surface area contributed by atoms with E-state index in [0.717, 1.165) is 0 Å². The molecule has 7 nitrogen and oxygen atoms in total. The van der Waals surface area contributed by atoms with Gasteiger partial charge in [0.25, 0.3) is 0 Å². The summed E-state index contributed by atoms with van der Waals surface area (Å²) in [5, 5.41) is 10.5. The molecule has 0 fully saturated rings. The number of nitrogens with one attached hydrogen (secondary N) is 1. The molecule has 14 heavy (non-hydrogen) atoms. The highest BCUT2D eigenvalue weighted by Gasteiger charge is 2.22. The molecule has 0 aromatic heterocycles. The number of hydrogen-bond donors (Lipinski definition) is 4. The van der Waals surface area contributed by atoms with Crippen LogP contribution < -0.4 is 16.8 Å². The van der Waals surface area contributed by atoms with Crippen molar-refractivity contribution in [2.75, 3.05) is 0 Å². The maximum absolute atomic E-state index is 11.0. The average molecular weight is 203 g/mol. The summed E-state index contributed by atoms with van der Waals surface area (Å²) in [5.74, 6) is -2.74. The average Bonchev–Trinajstić information content (AvgIpc) is 2.01. The van der Waals surface area contributed by atoms with E-state index in [4.69, 9.17) is 16.6 Å². The molecule has 0 radical (unpaired) electrons. The number of carbonyl (C=O) groups is 3. The molecule has 0 spiro atoms. The van der Waals surface area contributed by atoms with E-state index < -0.39 is 36.3 Å². The minimum absolute atomic E-state index is 0.548. The van der Waals surface area contributed by atoms with Gasteiger partial charge in [0.15, 0.2) is 0 Å². The Morgan fingerprint density at radius 2 is 1.93 bits per heavy atom. The Labute approximate surface area is 80.4 Å². The van der Waals surface area contributed by atoms with Crippen molar-refractivity contribution in [3.05, 3.63) is 0 Å². The third-order valence-electron chi connectivity index (χ3n) is 1.45. The highest BCUT2D eigenvalue weighted by molar-refractivity contribution is 5.91. The number of primary amides is 1. The molecule has 0 saturated heterocycles. The fourth-order valence-corrected chi connectivity index (χ4v) is 0.701. The Balaban J connectivity index is 4.31. The zero-order chi connectivity index (χ0) is 11.3. The Morgan fingerprint density at radius 1 is 1.43 bits per heavy atom. The molecule has 0 aliphatic carbocycles. The van der Waals surface area contributed by atoms with E-state index in [2.05, 4.69) is 5.32 Å². The lowest BCUT2D eigenvalue weighted by atomic mass is 10.2. The first-order chi connectivity index (χ1) is 6.34. The van der Waals surface area contributed by atoms with E-state index in [9.17, 15) is 14.4 Å². The van der Waals surface area contributed by atoms with Crippen LogP contribution in [0.15, 0.2) is 0 Å². The maximum Gasteiger partial charge on any atom is 0.305 e. The van der Waals surface area contributed by atoms with Gasteiger partial charge in [-0.05, 0) is 6.92 Å². The Hall–Kier alpha value is -1.63. The zero-order valence-corrected chi connectivity index (χ0v) is 7.69. The van der Waals surface area contributed by atoms with E-state index in [-0.39, 0.29) is 0 Å². The van der Waals surface area contributed by atoms with E-state index in [1.807, 2.05) is 0 Å². The lowest BCUT2D eigenvalue weighted by molar-refractivity contribution is -0.140. The van der Waals surface area contributed by atoms with Gasteiger partial charge in [0.2, 0.25) is 11.8 Å². The topological polar surface area (TPSA) is 136 Å². The van der Waals surface area contributed by atoms with Gasteiger partial charge in [0.05, 0.1) is 12.5 Å². The maximum atomic E-state index is 11.0. The highest BCUT2D eigenvalue weighted by Crippen LogP contribution is 1.92. The van der Waals surface area contributed by atoms with Crippen LogP contribution in [0.3, 0.4) is 0 Å². The van der Waals surface area contributed by atoms with Gasteiger partial charge in [-0.2, -0.15) is 0 Å². The molecule has 0 saturated carbocycles. The summed E-state index contributed by atoms with van der Waals surface area (Å²) in [4.78, 5) is 32.0. The molecule has 0 bridgehead atoms. The minimum atomic E-state index is -1.22. The first-order valence-corrected chi connectivity index (χ1v) is 3.91.